The van der Waals surface area contributed by atoms with Gasteiger partial charge in [-0.05, 0) is 33.1 Å². The zero-order valence-corrected chi connectivity index (χ0v) is 15.3. The minimum absolute atomic E-state index is 0.0696. The van der Waals surface area contributed by atoms with E-state index in [0.29, 0.717) is 50.8 Å². The van der Waals surface area contributed by atoms with Gasteiger partial charge in [0, 0.05) is 36.6 Å². The number of amides is 1. The third-order valence-corrected chi connectivity index (χ3v) is 5.17. The molecule has 1 amide bonds. The lowest BCUT2D eigenvalue weighted by Gasteiger charge is -2.36. The minimum Gasteiger partial charge on any atom is -0.377 e. The zero-order chi connectivity index (χ0) is 18.1. The van der Waals surface area contributed by atoms with E-state index < -0.39 is 0 Å². The fourth-order valence-corrected chi connectivity index (χ4v) is 3.60. The monoisotopic (exact) mass is 359 g/mol. The van der Waals surface area contributed by atoms with Gasteiger partial charge in [-0.2, -0.15) is 10.1 Å². The summed E-state index contributed by atoms with van der Waals surface area (Å²) >= 11 is 0. The van der Waals surface area contributed by atoms with Gasteiger partial charge in [-0.15, -0.1) is 0 Å². The quantitative estimate of drug-likeness (QED) is 0.849. The highest BCUT2D eigenvalue weighted by Gasteiger charge is 2.32. The van der Waals surface area contributed by atoms with Crippen molar-refractivity contribution in [2.75, 3.05) is 19.8 Å². The summed E-state index contributed by atoms with van der Waals surface area (Å²) in [5.41, 5.74) is 2.99. The summed E-state index contributed by atoms with van der Waals surface area (Å²) < 4.78 is 10.9. The molecule has 2 aliphatic rings. The summed E-state index contributed by atoms with van der Waals surface area (Å²) in [6.45, 7) is 5.65. The first kappa shape index (κ1) is 17.2. The molecule has 1 unspecified atom stereocenters. The largest absolute Gasteiger partial charge is 0.377 e. The van der Waals surface area contributed by atoms with E-state index in [0.717, 1.165) is 35.6 Å². The number of hydrogen-bond donors (Lipinski definition) is 1. The van der Waals surface area contributed by atoms with Crippen LogP contribution in [0, 0.1) is 13.8 Å². The van der Waals surface area contributed by atoms with Gasteiger partial charge in [0.15, 0.2) is 5.82 Å². The van der Waals surface area contributed by atoms with Crippen molar-refractivity contribution < 1.29 is 14.1 Å². The second-order valence-corrected chi connectivity index (χ2v) is 7.20. The molecular formula is C18H25N5O3. The van der Waals surface area contributed by atoms with Crippen LogP contribution >= 0.6 is 0 Å². The van der Waals surface area contributed by atoms with Crippen LogP contribution in [0.25, 0.3) is 0 Å². The normalized spacial score (nSPS) is 20.5. The summed E-state index contributed by atoms with van der Waals surface area (Å²) in [6, 6.07) is -0.0696. The molecule has 1 N–H and O–H groups in total. The number of H-pyrrole nitrogens is 1. The Hall–Kier alpha value is -2.22. The highest BCUT2D eigenvalue weighted by Crippen LogP contribution is 2.38. The summed E-state index contributed by atoms with van der Waals surface area (Å²) in [5, 5.41) is 11.3. The van der Waals surface area contributed by atoms with Crippen molar-refractivity contribution in [2.45, 2.75) is 57.9 Å². The Bertz CT molecular complexity index is 760. The maximum absolute atomic E-state index is 12.8. The number of carbonyl (C=O) groups is 1. The molecule has 1 atom stereocenters. The Kier molecular flexibility index (Phi) is 4.76. The Morgan fingerprint density at radius 2 is 2.19 bits per heavy atom. The Labute approximate surface area is 152 Å². The van der Waals surface area contributed by atoms with E-state index in [1.54, 1.807) is 0 Å². The fourth-order valence-electron chi connectivity index (χ4n) is 3.60. The van der Waals surface area contributed by atoms with Crippen LogP contribution in [0.2, 0.25) is 0 Å². The van der Waals surface area contributed by atoms with Gasteiger partial charge in [0.1, 0.15) is 0 Å². The predicted molar refractivity (Wildman–Crippen MR) is 92.5 cm³/mol. The summed E-state index contributed by atoms with van der Waals surface area (Å²) in [6.07, 6.45) is 4.13. The molecule has 1 saturated carbocycles. The molecule has 2 aromatic heterocycles. The molecule has 0 aromatic carbocycles. The lowest BCUT2D eigenvalue weighted by Crippen LogP contribution is -2.43. The third-order valence-electron chi connectivity index (χ3n) is 5.17. The molecule has 140 valence electrons. The van der Waals surface area contributed by atoms with Gasteiger partial charge >= 0.3 is 0 Å². The molecule has 1 aliphatic carbocycles. The van der Waals surface area contributed by atoms with E-state index in [9.17, 15) is 4.79 Å². The van der Waals surface area contributed by atoms with Gasteiger partial charge in [-0.3, -0.25) is 9.89 Å². The summed E-state index contributed by atoms with van der Waals surface area (Å²) in [7, 11) is 0. The van der Waals surface area contributed by atoms with Crippen LogP contribution < -0.4 is 0 Å². The van der Waals surface area contributed by atoms with E-state index in [1.165, 1.54) is 0 Å². The number of hydrogen-bond acceptors (Lipinski definition) is 6. The molecule has 8 nitrogen and oxygen atoms in total. The topological polar surface area (TPSA) is 97.1 Å². The second kappa shape index (κ2) is 7.19. The van der Waals surface area contributed by atoms with Gasteiger partial charge in [0.25, 0.3) is 0 Å². The third kappa shape index (κ3) is 3.51. The lowest BCUT2D eigenvalue weighted by atomic mass is 10.0. The number of aryl methyl sites for hydroxylation is 3. The van der Waals surface area contributed by atoms with Crippen molar-refractivity contribution in [1.29, 1.82) is 0 Å². The van der Waals surface area contributed by atoms with Crippen molar-refractivity contribution in [3.63, 3.8) is 0 Å². The predicted octanol–water partition coefficient (Wildman–Crippen LogP) is 2.21. The molecular weight excluding hydrogens is 334 g/mol. The van der Waals surface area contributed by atoms with Crippen LogP contribution in [0.1, 0.15) is 66.3 Å². The number of carbonyl (C=O) groups excluding carboxylic acids is 1. The smallest absolute Gasteiger partial charge is 0.226 e. The van der Waals surface area contributed by atoms with Crippen molar-refractivity contribution >= 4 is 5.91 Å². The van der Waals surface area contributed by atoms with Gasteiger partial charge in [0.2, 0.25) is 11.8 Å². The zero-order valence-electron chi connectivity index (χ0n) is 15.3. The SMILES string of the molecule is Cc1n[nH]c(C)c1C1COCCN1C(=O)CCCc1nc(C2CC2)no1. The lowest BCUT2D eigenvalue weighted by molar-refractivity contribution is -0.140. The van der Waals surface area contributed by atoms with E-state index in [1.807, 2.05) is 18.7 Å². The molecule has 1 aliphatic heterocycles. The number of rotatable bonds is 6. The highest BCUT2D eigenvalue weighted by atomic mass is 16.5. The van der Waals surface area contributed by atoms with E-state index >= 15 is 0 Å². The van der Waals surface area contributed by atoms with Crippen molar-refractivity contribution in [3.8, 4) is 0 Å². The molecule has 26 heavy (non-hydrogen) atoms. The van der Waals surface area contributed by atoms with Crippen LogP contribution in [-0.2, 0) is 16.0 Å². The van der Waals surface area contributed by atoms with Crippen LogP contribution in [0.4, 0.5) is 0 Å². The standard InChI is InChI=1S/C18H25N5O3/c1-11-17(12(2)21-20-11)14-10-25-9-8-23(14)16(24)5-3-4-15-19-18(22-26-15)13-6-7-13/h13-14H,3-10H2,1-2H3,(H,20,21). The summed E-state index contributed by atoms with van der Waals surface area (Å²) in [4.78, 5) is 19.2. The van der Waals surface area contributed by atoms with E-state index in [-0.39, 0.29) is 11.9 Å². The molecule has 2 fully saturated rings. The number of nitrogens with one attached hydrogen (secondary N) is 1. The van der Waals surface area contributed by atoms with E-state index in [4.69, 9.17) is 9.26 Å². The second-order valence-electron chi connectivity index (χ2n) is 7.20. The van der Waals surface area contributed by atoms with Crippen LogP contribution in [0.5, 0.6) is 0 Å². The average Bonchev–Trinajstić information content (AvgIpc) is 3.30. The summed E-state index contributed by atoms with van der Waals surface area (Å²) in [5.74, 6) is 2.09. The molecule has 8 heteroatoms. The molecule has 2 aromatic rings. The number of morpholine rings is 1. The Balaban J connectivity index is 1.36. The van der Waals surface area contributed by atoms with Gasteiger partial charge in [-0.1, -0.05) is 5.16 Å². The van der Waals surface area contributed by atoms with Gasteiger partial charge < -0.3 is 14.2 Å². The number of nitrogens with zero attached hydrogens (tertiary/aromatic N) is 4. The number of aromatic amines is 1. The van der Waals surface area contributed by atoms with Crippen LogP contribution in [0.3, 0.4) is 0 Å². The first-order valence-electron chi connectivity index (χ1n) is 9.34. The number of ether oxygens (including phenoxy) is 1. The fraction of sp³-hybridized carbons (Fsp3) is 0.667. The van der Waals surface area contributed by atoms with E-state index in [2.05, 4.69) is 20.3 Å². The first-order valence-corrected chi connectivity index (χ1v) is 9.34. The minimum atomic E-state index is -0.0696. The maximum Gasteiger partial charge on any atom is 0.226 e. The van der Waals surface area contributed by atoms with Gasteiger partial charge in [-0.25, -0.2) is 0 Å². The van der Waals surface area contributed by atoms with Crippen LogP contribution in [-0.4, -0.2) is 50.9 Å². The highest BCUT2D eigenvalue weighted by molar-refractivity contribution is 5.77. The average molecular weight is 359 g/mol. The van der Waals surface area contributed by atoms with Crippen molar-refractivity contribution in [2.24, 2.45) is 0 Å². The van der Waals surface area contributed by atoms with Crippen molar-refractivity contribution in [1.82, 2.24) is 25.2 Å². The molecule has 0 bridgehead atoms. The maximum atomic E-state index is 12.8. The van der Waals surface area contributed by atoms with Crippen molar-refractivity contribution in [3.05, 3.63) is 28.7 Å². The molecule has 0 radical (unpaired) electrons. The van der Waals surface area contributed by atoms with Gasteiger partial charge in [0.05, 0.1) is 24.9 Å². The number of aromatic nitrogens is 4. The molecule has 4 rings (SSSR count). The molecule has 3 heterocycles. The van der Waals surface area contributed by atoms with Crippen LogP contribution in [0.15, 0.2) is 4.52 Å². The Morgan fingerprint density at radius 1 is 1.35 bits per heavy atom. The molecule has 0 spiro atoms. The molecule has 1 saturated heterocycles. The first-order chi connectivity index (χ1) is 12.6. The Morgan fingerprint density at radius 3 is 2.92 bits per heavy atom.